The highest BCUT2D eigenvalue weighted by Crippen LogP contribution is 2.19. The number of hydrogen-bond acceptors (Lipinski definition) is 2. The van der Waals surface area contributed by atoms with Gasteiger partial charge in [0.2, 0.25) is 0 Å². The van der Waals surface area contributed by atoms with E-state index in [0.717, 1.165) is 10.0 Å². The highest BCUT2D eigenvalue weighted by atomic mass is 79.9. The number of hydrogen-bond donors (Lipinski definition) is 2. The smallest absolute Gasteiger partial charge is 0.317 e. The Balaban J connectivity index is 1.88. The van der Waals surface area contributed by atoms with Gasteiger partial charge >= 0.3 is 12.0 Å². The third kappa shape index (κ3) is 4.07. The van der Waals surface area contributed by atoms with E-state index in [1.165, 1.54) is 0 Å². The number of carboxylic acids is 1. The Bertz CT molecular complexity index is 574. The van der Waals surface area contributed by atoms with Crippen molar-refractivity contribution in [2.24, 2.45) is 5.92 Å². The number of rotatable bonds is 4. The average molecular weight is 353 g/mol. The zero-order valence-corrected chi connectivity index (χ0v) is 13.2. The molecule has 5 nitrogen and oxygen atoms in total. The van der Waals surface area contributed by atoms with Crippen LogP contribution in [-0.2, 0) is 11.3 Å². The summed E-state index contributed by atoms with van der Waals surface area (Å²) in [5, 5.41) is 11.7. The van der Waals surface area contributed by atoms with Crippen molar-refractivity contribution in [3.8, 4) is 0 Å². The molecule has 2 N–H and O–H groups in total. The predicted octanol–water partition coefficient (Wildman–Crippen LogP) is 2.62. The molecular weight excluding hydrogens is 336 g/mol. The molecule has 6 heteroatoms. The van der Waals surface area contributed by atoms with E-state index in [1.54, 1.807) is 24.1 Å². The fourth-order valence-corrected chi connectivity index (χ4v) is 2.62. The van der Waals surface area contributed by atoms with Crippen LogP contribution in [0.3, 0.4) is 0 Å². The van der Waals surface area contributed by atoms with Crippen LogP contribution in [0.1, 0.15) is 12.0 Å². The molecule has 0 bridgehead atoms. The Hall–Kier alpha value is -1.82. The number of halogens is 1. The molecule has 1 aromatic rings. The van der Waals surface area contributed by atoms with Gasteiger partial charge in [-0.1, -0.05) is 46.3 Å². The lowest BCUT2D eigenvalue weighted by atomic mass is 10.1. The van der Waals surface area contributed by atoms with Gasteiger partial charge in [-0.2, -0.15) is 0 Å². The molecule has 21 heavy (non-hydrogen) atoms. The van der Waals surface area contributed by atoms with Gasteiger partial charge in [0, 0.05) is 18.1 Å². The molecule has 0 radical (unpaired) electrons. The normalized spacial score (nSPS) is 20.3. The first-order valence-electron chi connectivity index (χ1n) is 6.63. The predicted molar refractivity (Wildman–Crippen MR) is 82.8 cm³/mol. The molecule has 0 aliphatic heterocycles. The Morgan fingerprint density at radius 3 is 2.71 bits per heavy atom. The van der Waals surface area contributed by atoms with E-state index < -0.39 is 11.9 Å². The molecule has 1 aliphatic rings. The molecule has 0 aromatic heterocycles. The monoisotopic (exact) mass is 352 g/mol. The quantitative estimate of drug-likeness (QED) is 0.818. The largest absolute Gasteiger partial charge is 0.481 e. The van der Waals surface area contributed by atoms with E-state index in [0.29, 0.717) is 13.0 Å². The first kappa shape index (κ1) is 15.6. The number of benzene rings is 1. The van der Waals surface area contributed by atoms with Crippen molar-refractivity contribution in [2.75, 3.05) is 7.05 Å². The molecule has 112 valence electrons. The van der Waals surface area contributed by atoms with Crippen molar-refractivity contribution in [1.29, 1.82) is 0 Å². The number of nitrogens with one attached hydrogen (secondary N) is 1. The summed E-state index contributed by atoms with van der Waals surface area (Å²) in [5.41, 5.74) is 1.01. The van der Waals surface area contributed by atoms with Crippen molar-refractivity contribution in [2.45, 2.75) is 19.0 Å². The Morgan fingerprint density at radius 2 is 2.10 bits per heavy atom. The van der Waals surface area contributed by atoms with Crippen molar-refractivity contribution in [3.63, 3.8) is 0 Å². The molecule has 0 heterocycles. The van der Waals surface area contributed by atoms with Gasteiger partial charge in [-0.3, -0.25) is 4.79 Å². The summed E-state index contributed by atoms with van der Waals surface area (Å²) in [4.78, 5) is 24.5. The average Bonchev–Trinajstić information content (AvgIpc) is 2.90. The van der Waals surface area contributed by atoms with Crippen LogP contribution in [0.2, 0.25) is 0 Å². The van der Waals surface area contributed by atoms with Crippen molar-refractivity contribution < 1.29 is 14.7 Å². The Kier molecular flexibility index (Phi) is 5.01. The Morgan fingerprint density at radius 1 is 1.38 bits per heavy atom. The maximum Gasteiger partial charge on any atom is 0.317 e. The second kappa shape index (κ2) is 6.76. The number of nitrogens with zero attached hydrogens (tertiary/aromatic N) is 1. The van der Waals surface area contributed by atoms with Crippen LogP contribution < -0.4 is 5.32 Å². The van der Waals surface area contributed by atoms with Gasteiger partial charge < -0.3 is 15.3 Å². The van der Waals surface area contributed by atoms with E-state index in [2.05, 4.69) is 21.2 Å². The number of carbonyl (C=O) groups is 2. The van der Waals surface area contributed by atoms with Crippen LogP contribution in [-0.4, -0.2) is 35.1 Å². The fourth-order valence-electron chi connectivity index (χ4n) is 2.21. The summed E-state index contributed by atoms with van der Waals surface area (Å²) in [7, 11) is 1.71. The van der Waals surface area contributed by atoms with Crippen LogP contribution in [0.25, 0.3) is 0 Å². The topological polar surface area (TPSA) is 69.6 Å². The van der Waals surface area contributed by atoms with Gasteiger partial charge in [0.05, 0.1) is 12.0 Å². The summed E-state index contributed by atoms with van der Waals surface area (Å²) in [5.74, 6) is -1.37. The van der Waals surface area contributed by atoms with Gasteiger partial charge in [0.25, 0.3) is 0 Å². The highest BCUT2D eigenvalue weighted by molar-refractivity contribution is 9.10. The van der Waals surface area contributed by atoms with Gasteiger partial charge in [-0.15, -0.1) is 0 Å². The summed E-state index contributed by atoms with van der Waals surface area (Å²) >= 11 is 3.45. The maximum absolute atomic E-state index is 12.1. The van der Waals surface area contributed by atoms with Crippen LogP contribution in [0.15, 0.2) is 40.9 Å². The molecule has 0 fully saturated rings. The van der Waals surface area contributed by atoms with Crippen LogP contribution in [0.5, 0.6) is 0 Å². The first-order chi connectivity index (χ1) is 9.97. The summed E-state index contributed by atoms with van der Waals surface area (Å²) in [6, 6.07) is 7.28. The van der Waals surface area contributed by atoms with Gasteiger partial charge in [0.1, 0.15) is 0 Å². The minimum absolute atomic E-state index is 0.216. The lowest BCUT2D eigenvalue weighted by Gasteiger charge is -2.21. The van der Waals surface area contributed by atoms with Crippen LogP contribution in [0, 0.1) is 5.92 Å². The van der Waals surface area contributed by atoms with E-state index >= 15 is 0 Å². The maximum atomic E-state index is 12.1. The van der Waals surface area contributed by atoms with Crippen molar-refractivity contribution >= 4 is 27.9 Å². The van der Waals surface area contributed by atoms with Gasteiger partial charge in [-0.05, 0) is 18.1 Å². The second-order valence-corrected chi connectivity index (χ2v) is 5.92. The lowest BCUT2D eigenvalue weighted by Crippen LogP contribution is -2.41. The number of urea groups is 1. The molecule has 1 aromatic carbocycles. The molecule has 2 unspecified atom stereocenters. The standard InChI is InChI=1S/C15H17BrN2O3/c1-18(9-11-4-2-3-5-13(11)16)15(21)17-12-7-6-10(8-12)14(19)20/h2-7,10,12H,8-9H2,1H3,(H,17,21)(H,19,20). The minimum Gasteiger partial charge on any atom is -0.481 e. The Labute approximate surface area is 131 Å². The molecule has 0 saturated heterocycles. The summed E-state index contributed by atoms with van der Waals surface area (Å²) < 4.78 is 0.955. The van der Waals surface area contributed by atoms with Crippen LogP contribution >= 0.6 is 15.9 Å². The zero-order chi connectivity index (χ0) is 15.4. The molecule has 2 atom stereocenters. The second-order valence-electron chi connectivity index (χ2n) is 5.07. The molecule has 1 aliphatic carbocycles. The third-order valence-electron chi connectivity index (χ3n) is 3.42. The van der Waals surface area contributed by atoms with Gasteiger partial charge in [-0.25, -0.2) is 4.79 Å². The third-order valence-corrected chi connectivity index (χ3v) is 4.20. The summed E-state index contributed by atoms with van der Waals surface area (Å²) in [6.45, 7) is 0.478. The molecule has 0 saturated carbocycles. The van der Waals surface area contributed by atoms with Crippen LogP contribution in [0.4, 0.5) is 4.79 Å². The van der Waals surface area contributed by atoms with Crippen molar-refractivity contribution in [3.05, 3.63) is 46.5 Å². The molecule has 2 amide bonds. The number of carbonyl (C=O) groups excluding carboxylic acids is 1. The summed E-state index contributed by atoms with van der Waals surface area (Å²) in [6.07, 6.45) is 3.77. The van der Waals surface area contributed by atoms with Gasteiger partial charge in [0.15, 0.2) is 0 Å². The van der Waals surface area contributed by atoms with E-state index in [-0.39, 0.29) is 12.1 Å². The van der Waals surface area contributed by atoms with E-state index in [4.69, 9.17) is 5.11 Å². The number of carboxylic acid groups (broad SMARTS) is 1. The SMILES string of the molecule is CN(Cc1ccccc1Br)C(=O)NC1C=CC(C(=O)O)C1. The number of amides is 2. The molecule has 2 rings (SSSR count). The molecule has 0 spiro atoms. The minimum atomic E-state index is -0.857. The van der Waals surface area contributed by atoms with E-state index in [9.17, 15) is 9.59 Å². The first-order valence-corrected chi connectivity index (χ1v) is 7.43. The lowest BCUT2D eigenvalue weighted by molar-refractivity contribution is -0.140. The number of aliphatic carboxylic acids is 1. The zero-order valence-electron chi connectivity index (χ0n) is 11.6. The van der Waals surface area contributed by atoms with E-state index in [1.807, 2.05) is 24.3 Å². The fraction of sp³-hybridized carbons (Fsp3) is 0.333. The van der Waals surface area contributed by atoms with Crippen molar-refractivity contribution in [1.82, 2.24) is 10.2 Å². The highest BCUT2D eigenvalue weighted by Gasteiger charge is 2.26. The molecular formula is C15H17BrN2O3.